The topological polar surface area (TPSA) is 75.3 Å². The predicted molar refractivity (Wildman–Crippen MR) is 47.0 cm³/mol. The largest absolute Gasteiger partial charge is 0.353 e. The second-order valence-electron chi connectivity index (χ2n) is 3.61. The van der Waals surface area contributed by atoms with Crippen LogP contribution < -0.4 is 10.6 Å². The molecule has 0 aromatic rings. The van der Waals surface area contributed by atoms with Crippen molar-refractivity contribution in [3.05, 3.63) is 0 Å². The zero-order valence-corrected chi connectivity index (χ0v) is 7.99. The fraction of sp³-hybridized carbons (Fsp3) is 0.857. The highest BCUT2D eigenvalue weighted by atomic mass is 32.2. The molecule has 0 aliphatic carbocycles. The van der Waals surface area contributed by atoms with E-state index in [0.29, 0.717) is 19.5 Å². The van der Waals surface area contributed by atoms with E-state index in [2.05, 4.69) is 10.6 Å². The molecule has 0 aromatic heterocycles. The van der Waals surface area contributed by atoms with Crippen LogP contribution in [0.25, 0.3) is 0 Å². The summed E-state index contributed by atoms with van der Waals surface area (Å²) in [5.41, 5.74) is -0.822. The third kappa shape index (κ3) is 1.44. The molecule has 1 amide bonds. The highest BCUT2D eigenvalue weighted by Gasteiger charge is 2.48. The van der Waals surface area contributed by atoms with Crippen molar-refractivity contribution in [2.75, 3.05) is 24.6 Å². The highest BCUT2D eigenvalue weighted by molar-refractivity contribution is 7.91. The third-order valence-corrected chi connectivity index (χ3v) is 4.37. The van der Waals surface area contributed by atoms with Gasteiger partial charge in [0.15, 0.2) is 9.84 Å². The van der Waals surface area contributed by atoms with E-state index in [0.717, 1.165) is 0 Å². The third-order valence-electron chi connectivity index (χ3n) is 2.61. The molecule has 13 heavy (non-hydrogen) atoms. The first-order chi connectivity index (χ1) is 6.04. The molecule has 0 saturated carbocycles. The van der Waals surface area contributed by atoms with Crippen LogP contribution in [0.2, 0.25) is 0 Å². The molecule has 0 radical (unpaired) electrons. The average Bonchev–Trinajstić information content (AvgIpc) is 2.35. The summed E-state index contributed by atoms with van der Waals surface area (Å²) in [6.45, 7) is 1.24. The molecule has 2 aliphatic rings. The van der Waals surface area contributed by atoms with Crippen molar-refractivity contribution in [2.24, 2.45) is 0 Å². The fourth-order valence-corrected chi connectivity index (χ4v) is 3.83. The minimum Gasteiger partial charge on any atom is -0.353 e. The number of carbonyl (C=O) groups excluding carboxylic acids is 1. The van der Waals surface area contributed by atoms with Crippen LogP contribution in [0, 0.1) is 0 Å². The minimum absolute atomic E-state index is 0.0498. The number of piperazine rings is 1. The van der Waals surface area contributed by atoms with E-state index in [4.69, 9.17) is 0 Å². The lowest BCUT2D eigenvalue weighted by molar-refractivity contribution is -0.128. The number of amides is 1. The summed E-state index contributed by atoms with van der Waals surface area (Å²) in [5.74, 6) is -0.0981. The Morgan fingerprint density at radius 1 is 1.31 bits per heavy atom. The number of sulfone groups is 1. The van der Waals surface area contributed by atoms with Gasteiger partial charge in [-0.15, -0.1) is 0 Å². The van der Waals surface area contributed by atoms with Crippen LogP contribution in [-0.2, 0) is 14.6 Å². The first-order valence-electron chi connectivity index (χ1n) is 4.28. The first kappa shape index (κ1) is 8.96. The van der Waals surface area contributed by atoms with Crippen molar-refractivity contribution in [1.29, 1.82) is 0 Å². The van der Waals surface area contributed by atoms with Gasteiger partial charge < -0.3 is 10.6 Å². The van der Waals surface area contributed by atoms with Gasteiger partial charge in [0.2, 0.25) is 5.91 Å². The summed E-state index contributed by atoms with van der Waals surface area (Å²) in [5, 5.41) is 5.70. The Morgan fingerprint density at radius 2 is 2.08 bits per heavy atom. The monoisotopic (exact) mass is 204 g/mol. The maximum atomic E-state index is 11.5. The molecular formula is C7H12N2O3S. The van der Waals surface area contributed by atoms with Gasteiger partial charge in [-0.1, -0.05) is 0 Å². The van der Waals surface area contributed by atoms with Gasteiger partial charge in [-0.3, -0.25) is 4.79 Å². The van der Waals surface area contributed by atoms with Crippen LogP contribution in [0.4, 0.5) is 0 Å². The number of carbonyl (C=O) groups is 1. The quantitative estimate of drug-likeness (QED) is 0.491. The fourth-order valence-electron chi connectivity index (χ4n) is 1.90. The maximum absolute atomic E-state index is 11.5. The van der Waals surface area contributed by atoms with Crippen LogP contribution in [-0.4, -0.2) is 44.5 Å². The highest BCUT2D eigenvalue weighted by Crippen LogP contribution is 2.24. The lowest BCUT2D eigenvalue weighted by Gasteiger charge is -2.32. The number of hydrogen-bond donors (Lipinski definition) is 2. The summed E-state index contributed by atoms with van der Waals surface area (Å²) in [6, 6.07) is 0. The molecule has 2 aliphatic heterocycles. The molecule has 2 heterocycles. The van der Waals surface area contributed by atoms with Crippen molar-refractivity contribution in [3.8, 4) is 0 Å². The number of rotatable bonds is 0. The van der Waals surface area contributed by atoms with Crippen LogP contribution in [0.1, 0.15) is 6.42 Å². The van der Waals surface area contributed by atoms with E-state index in [1.54, 1.807) is 0 Å². The minimum atomic E-state index is -3.01. The van der Waals surface area contributed by atoms with Gasteiger partial charge in [-0.25, -0.2) is 8.42 Å². The molecule has 1 spiro atoms. The van der Waals surface area contributed by atoms with Crippen LogP contribution in [0.5, 0.6) is 0 Å². The summed E-state index contributed by atoms with van der Waals surface area (Å²) < 4.78 is 22.5. The lowest BCUT2D eigenvalue weighted by Crippen LogP contribution is -2.63. The van der Waals surface area contributed by atoms with Crippen molar-refractivity contribution < 1.29 is 13.2 Å². The van der Waals surface area contributed by atoms with E-state index < -0.39 is 15.4 Å². The predicted octanol–water partition coefficient (Wildman–Crippen LogP) is -1.74. The van der Waals surface area contributed by atoms with E-state index in [9.17, 15) is 13.2 Å². The summed E-state index contributed by atoms with van der Waals surface area (Å²) in [7, 11) is -3.01. The molecule has 1 unspecified atom stereocenters. The Bertz CT molecular complexity index is 338. The van der Waals surface area contributed by atoms with Gasteiger partial charge in [-0.05, 0) is 6.42 Å². The molecular weight excluding hydrogens is 192 g/mol. The number of hydrogen-bond acceptors (Lipinski definition) is 4. The summed E-state index contributed by atoms with van der Waals surface area (Å²) >= 11 is 0. The molecule has 2 saturated heterocycles. The molecule has 5 nitrogen and oxygen atoms in total. The van der Waals surface area contributed by atoms with Gasteiger partial charge in [0.25, 0.3) is 0 Å². The van der Waals surface area contributed by atoms with Crippen LogP contribution in [0.15, 0.2) is 0 Å². The summed E-state index contributed by atoms with van der Waals surface area (Å²) in [6.07, 6.45) is 0.404. The molecule has 0 bridgehead atoms. The number of nitrogens with one attached hydrogen (secondary N) is 2. The molecule has 6 heteroatoms. The molecule has 2 rings (SSSR count). The zero-order valence-electron chi connectivity index (χ0n) is 7.17. The molecule has 74 valence electrons. The van der Waals surface area contributed by atoms with E-state index in [-0.39, 0.29) is 17.4 Å². The molecule has 2 N–H and O–H groups in total. The Hall–Kier alpha value is -0.620. The second kappa shape index (κ2) is 2.68. The van der Waals surface area contributed by atoms with Crippen molar-refractivity contribution in [3.63, 3.8) is 0 Å². The van der Waals surface area contributed by atoms with Crippen molar-refractivity contribution >= 4 is 15.7 Å². The van der Waals surface area contributed by atoms with Crippen molar-refractivity contribution in [2.45, 2.75) is 12.0 Å². The van der Waals surface area contributed by atoms with Gasteiger partial charge in [0, 0.05) is 13.1 Å². The Labute approximate surface area is 76.8 Å². The molecule has 0 aromatic carbocycles. The molecule has 1 atom stereocenters. The SMILES string of the molecule is O=C1NCCNC12CCS(=O)(=O)C2. The lowest BCUT2D eigenvalue weighted by atomic mass is 9.96. The Morgan fingerprint density at radius 3 is 2.62 bits per heavy atom. The normalized spacial score (nSPS) is 37.7. The standard InChI is InChI=1S/C7H12N2O3S/c10-6-7(9-3-2-8-6)1-4-13(11,12)5-7/h9H,1-5H2,(H,8,10). The molecule has 2 fully saturated rings. The Balaban J connectivity index is 2.26. The van der Waals surface area contributed by atoms with Crippen LogP contribution in [0.3, 0.4) is 0 Å². The average molecular weight is 204 g/mol. The van der Waals surface area contributed by atoms with E-state index >= 15 is 0 Å². The van der Waals surface area contributed by atoms with E-state index in [1.165, 1.54) is 0 Å². The Kier molecular flexibility index (Phi) is 1.85. The van der Waals surface area contributed by atoms with Gasteiger partial charge >= 0.3 is 0 Å². The van der Waals surface area contributed by atoms with Gasteiger partial charge in [-0.2, -0.15) is 0 Å². The summed E-state index contributed by atoms with van der Waals surface area (Å²) in [4.78, 5) is 11.5. The van der Waals surface area contributed by atoms with Crippen LogP contribution >= 0.6 is 0 Å². The second-order valence-corrected chi connectivity index (χ2v) is 5.79. The van der Waals surface area contributed by atoms with Crippen molar-refractivity contribution in [1.82, 2.24) is 10.6 Å². The van der Waals surface area contributed by atoms with Gasteiger partial charge in [0.1, 0.15) is 5.54 Å². The first-order valence-corrected chi connectivity index (χ1v) is 6.10. The maximum Gasteiger partial charge on any atom is 0.241 e. The zero-order chi connectivity index (χ0) is 9.53. The van der Waals surface area contributed by atoms with E-state index in [1.807, 2.05) is 0 Å². The van der Waals surface area contributed by atoms with Gasteiger partial charge in [0.05, 0.1) is 11.5 Å². The smallest absolute Gasteiger partial charge is 0.241 e.